The summed E-state index contributed by atoms with van der Waals surface area (Å²) in [6.07, 6.45) is 3.81. The van der Waals surface area contributed by atoms with E-state index in [-0.39, 0.29) is 5.92 Å². The molecule has 0 spiro atoms. The number of hydrazone groups is 1. The van der Waals surface area contributed by atoms with Gasteiger partial charge >= 0.3 is 0 Å². The van der Waals surface area contributed by atoms with Crippen molar-refractivity contribution < 1.29 is 0 Å². The van der Waals surface area contributed by atoms with E-state index in [1.54, 1.807) is 11.8 Å². The fraction of sp³-hybridized carbons (Fsp3) is 0.278. The number of fused-ring (bicyclic) bond motifs is 2. The van der Waals surface area contributed by atoms with E-state index in [1.807, 2.05) is 47.3 Å². The third-order valence-corrected chi connectivity index (χ3v) is 5.61. The fourth-order valence-electron chi connectivity index (χ4n) is 3.25. The number of hydrogen-bond acceptors (Lipinski definition) is 7. The average molecular weight is 378 g/mol. The molecule has 3 aromatic heterocycles. The van der Waals surface area contributed by atoms with Crippen LogP contribution >= 0.6 is 11.8 Å². The Morgan fingerprint density at radius 1 is 1.19 bits per heavy atom. The first-order valence-corrected chi connectivity index (χ1v) is 9.63. The van der Waals surface area contributed by atoms with Gasteiger partial charge in [0.05, 0.1) is 29.0 Å². The summed E-state index contributed by atoms with van der Waals surface area (Å²) in [5.74, 6) is 0.190. The lowest BCUT2D eigenvalue weighted by Gasteiger charge is -2.09. The Labute approximate surface area is 159 Å². The molecular formula is C18H18N8S. The Bertz CT molecular complexity index is 1160. The molecule has 4 heterocycles. The van der Waals surface area contributed by atoms with Crippen molar-refractivity contribution in [3.05, 3.63) is 42.4 Å². The van der Waals surface area contributed by atoms with Crippen LogP contribution in [-0.2, 0) is 6.54 Å². The number of rotatable bonds is 4. The van der Waals surface area contributed by atoms with Gasteiger partial charge in [-0.15, -0.1) is 10.2 Å². The maximum atomic E-state index is 4.77. The molecule has 0 N–H and O–H groups in total. The second-order valence-electron chi connectivity index (χ2n) is 6.51. The van der Waals surface area contributed by atoms with Gasteiger partial charge in [0.25, 0.3) is 0 Å². The van der Waals surface area contributed by atoms with Crippen LogP contribution in [-0.4, -0.2) is 54.2 Å². The van der Waals surface area contributed by atoms with Crippen LogP contribution in [0.4, 0.5) is 0 Å². The number of aromatic nitrogens is 6. The Hall–Kier alpha value is -2.94. The van der Waals surface area contributed by atoms with Crippen molar-refractivity contribution in [3.8, 4) is 0 Å². The second kappa shape index (κ2) is 6.34. The number of likely N-dealkylation sites (N-methyl/N-ethyl adjacent to an activating group) is 1. The average Bonchev–Trinajstić information content (AvgIpc) is 3.40. The Balaban J connectivity index is 1.50. The van der Waals surface area contributed by atoms with Gasteiger partial charge in [-0.05, 0) is 49.0 Å². The van der Waals surface area contributed by atoms with Gasteiger partial charge in [0, 0.05) is 31.2 Å². The highest BCUT2D eigenvalue weighted by Crippen LogP contribution is 2.29. The minimum absolute atomic E-state index is 0.190. The summed E-state index contributed by atoms with van der Waals surface area (Å²) in [7, 11) is 1.96. The zero-order chi connectivity index (χ0) is 18.4. The van der Waals surface area contributed by atoms with E-state index >= 15 is 0 Å². The van der Waals surface area contributed by atoms with E-state index in [4.69, 9.17) is 5.10 Å². The van der Waals surface area contributed by atoms with Crippen molar-refractivity contribution in [1.82, 2.24) is 34.4 Å². The van der Waals surface area contributed by atoms with Crippen LogP contribution in [0.1, 0.15) is 18.5 Å². The third-order valence-electron chi connectivity index (χ3n) is 4.68. The molecule has 0 radical (unpaired) electrons. The van der Waals surface area contributed by atoms with Crippen molar-refractivity contribution in [3.63, 3.8) is 0 Å². The molecule has 0 saturated carbocycles. The number of aryl methyl sites for hydroxylation is 1. The SMILES string of the molecule is CCn1cnc2ccc(Sc3nnc4ccc(C5C=NN(C)C5)nn34)cc21. The highest BCUT2D eigenvalue weighted by Gasteiger charge is 2.20. The molecule has 0 fully saturated rings. The van der Waals surface area contributed by atoms with Gasteiger partial charge in [-0.1, -0.05) is 0 Å². The lowest BCUT2D eigenvalue weighted by molar-refractivity contribution is 0.379. The van der Waals surface area contributed by atoms with Gasteiger partial charge < -0.3 is 4.57 Å². The van der Waals surface area contributed by atoms with E-state index in [0.29, 0.717) is 0 Å². The van der Waals surface area contributed by atoms with Crippen LogP contribution in [0.3, 0.4) is 0 Å². The molecule has 0 saturated heterocycles. The highest BCUT2D eigenvalue weighted by molar-refractivity contribution is 7.99. The molecule has 136 valence electrons. The molecule has 1 aromatic carbocycles. The highest BCUT2D eigenvalue weighted by atomic mass is 32.2. The number of benzene rings is 1. The Morgan fingerprint density at radius 2 is 2.11 bits per heavy atom. The van der Waals surface area contributed by atoms with Crippen molar-refractivity contribution >= 4 is 34.7 Å². The van der Waals surface area contributed by atoms with E-state index in [0.717, 1.165) is 45.5 Å². The quantitative estimate of drug-likeness (QED) is 0.543. The molecule has 5 rings (SSSR count). The zero-order valence-electron chi connectivity index (χ0n) is 15.0. The van der Waals surface area contributed by atoms with Crippen molar-refractivity contribution in [1.29, 1.82) is 0 Å². The predicted molar refractivity (Wildman–Crippen MR) is 104 cm³/mol. The molecule has 0 bridgehead atoms. The summed E-state index contributed by atoms with van der Waals surface area (Å²) in [5.41, 5.74) is 3.83. The molecule has 1 atom stereocenters. The summed E-state index contributed by atoms with van der Waals surface area (Å²) in [5, 5.41) is 20.3. The lowest BCUT2D eigenvalue weighted by Crippen LogP contribution is -2.14. The van der Waals surface area contributed by atoms with E-state index < -0.39 is 0 Å². The molecule has 0 amide bonds. The molecule has 1 aliphatic rings. The molecule has 9 heteroatoms. The normalized spacial score (nSPS) is 16.8. The standard InChI is InChI=1S/C18H18N8S/c1-3-25-11-19-15-5-4-13(8-16(15)25)27-18-22-21-17-7-6-14(23-26(17)18)12-9-20-24(2)10-12/h4-9,11-12H,3,10H2,1-2H3. The Kier molecular flexibility index (Phi) is 3.82. The second-order valence-corrected chi connectivity index (χ2v) is 7.55. The summed E-state index contributed by atoms with van der Waals surface area (Å²) in [6, 6.07) is 10.2. The van der Waals surface area contributed by atoms with Crippen molar-refractivity contribution in [2.75, 3.05) is 13.6 Å². The number of imidazole rings is 1. The number of hydrogen-bond donors (Lipinski definition) is 0. The molecule has 27 heavy (non-hydrogen) atoms. The van der Waals surface area contributed by atoms with Crippen LogP contribution < -0.4 is 0 Å². The van der Waals surface area contributed by atoms with Gasteiger partial charge in [-0.25, -0.2) is 4.98 Å². The first-order valence-electron chi connectivity index (χ1n) is 8.81. The van der Waals surface area contributed by atoms with Gasteiger partial charge in [-0.2, -0.15) is 14.7 Å². The Morgan fingerprint density at radius 3 is 2.93 bits per heavy atom. The molecule has 4 aromatic rings. The van der Waals surface area contributed by atoms with Gasteiger partial charge in [0.1, 0.15) is 0 Å². The van der Waals surface area contributed by atoms with Crippen LogP contribution in [0.2, 0.25) is 0 Å². The molecule has 1 aliphatic heterocycles. The van der Waals surface area contributed by atoms with Crippen molar-refractivity contribution in [2.45, 2.75) is 29.4 Å². The third kappa shape index (κ3) is 2.84. The van der Waals surface area contributed by atoms with Gasteiger partial charge in [0.2, 0.25) is 5.16 Å². The van der Waals surface area contributed by atoms with Crippen LogP contribution in [0.15, 0.2) is 51.8 Å². The maximum absolute atomic E-state index is 4.77. The summed E-state index contributed by atoms with van der Waals surface area (Å²) >= 11 is 1.55. The van der Waals surface area contributed by atoms with E-state index in [9.17, 15) is 0 Å². The smallest absolute Gasteiger partial charge is 0.217 e. The molecule has 1 unspecified atom stereocenters. The van der Waals surface area contributed by atoms with Crippen LogP contribution in [0, 0.1) is 0 Å². The molecule has 8 nitrogen and oxygen atoms in total. The minimum atomic E-state index is 0.190. The zero-order valence-corrected chi connectivity index (χ0v) is 15.8. The van der Waals surface area contributed by atoms with Crippen LogP contribution in [0.25, 0.3) is 16.7 Å². The van der Waals surface area contributed by atoms with Gasteiger partial charge in [-0.3, -0.25) is 5.01 Å². The maximum Gasteiger partial charge on any atom is 0.217 e. The largest absolute Gasteiger partial charge is 0.331 e. The number of nitrogens with zero attached hydrogens (tertiary/aromatic N) is 8. The fourth-order valence-corrected chi connectivity index (χ4v) is 4.07. The minimum Gasteiger partial charge on any atom is -0.331 e. The summed E-state index contributed by atoms with van der Waals surface area (Å²) in [4.78, 5) is 5.52. The van der Waals surface area contributed by atoms with E-state index in [1.165, 1.54) is 0 Å². The molecule has 0 aliphatic carbocycles. The first-order chi connectivity index (χ1) is 13.2. The van der Waals surface area contributed by atoms with Crippen LogP contribution in [0.5, 0.6) is 0 Å². The van der Waals surface area contributed by atoms with Gasteiger partial charge in [0.15, 0.2) is 5.65 Å². The predicted octanol–water partition coefficient (Wildman–Crippen LogP) is 2.66. The van der Waals surface area contributed by atoms with Crippen molar-refractivity contribution in [2.24, 2.45) is 5.10 Å². The summed E-state index contributed by atoms with van der Waals surface area (Å²) < 4.78 is 3.95. The van der Waals surface area contributed by atoms with E-state index in [2.05, 4.69) is 43.9 Å². The summed E-state index contributed by atoms with van der Waals surface area (Å²) in [6.45, 7) is 3.84. The molecular weight excluding hydrogens is 360 g/mol. The first kappa shape index (κ1) is 16.2. The topological polar surface area (TPSA) is 76.5 Å². The lowest BCUT2D eigenvalue weighted by atomic mass is 10.1. The monoisotopic (exact) mass is 378 g/mol.